The first kappa shape index (κ1) is 9.28. The van der Waals surface area contributed by atoms with Gasteiger partial charge in [-0.05, 0) is 5.56 Å². The van der Waals surface area contributed by atoms with Crippen LogP contribution in [0.1, 0.15) is 5.56 Å². The van der Waals surface area contributed by atoms with E-state index in [0.29, 0.717) is 0 Å². The number of nitrogens with zero attached hydrogens (tertiary/aromatic N) is 1. The van der Waals surface area contributed by atoms with Crippen molar-refractivity contribution >= 4 is 5.70 Å². The lowest BCUT2D eigenvalue weighted by molar-refractivity contribution is 0.341. The molecule has 1 aromatic carbocycles. The van der Waals surface area contributed by atoms with E-state index in [1.807, 2.05) is 6.07 Å². The van der Waals surface area contributed by atoms with Gasteiger partial charge in [-0.25, -0.2) is 0 Å². The Morgan fingerprint density at radius 1 is 1.14 bits per heavy atom. The Hall–Kier alpha value is -1.28. The first-order valence-corrected chi connectivity index (χ1v) is 5.08. The highest BCUT2D eigenvalue weighted by molar-refractivity contribution is 5.61. The van der Waals surface area contributed by atoms with Gasteiger partial charge in [0.05, 0.1) is 0 Å². The van der Waals surface area contributed by atoms with Crippen molar-refractivity contribution in [1.82, 2.24) is 10.2 Å². The van der Waals surface area contributed by atoms with Crippen LogP contribution in [0.4, 0.5) is 0 Å². The van der Waals surface area contributed by atoms with Crippen LogP contribution in [0.3, 0.4) is 0 Å². The van der Waals surface area contributed by atoms with Gasteiger partial charge in [0.15, 0.2) is 0 Å². The summed E-state index contributed by atoms with van der Waals surface area (Å²) in [5, 5.41) is 3.34. The molecule has 0 unspecified atom stereocenters. The van der Waals surface area contributed by atoms with Gasteiger partial charge in [0.1, 0.15) is 0 Å². The molecule has 0 radical (unpaired) electrons. The molecule has 0 aromatic heterocycles. The monoisotopic (exact) mass is 188 g/mol. The van der Waals surface area contributed by atoms with E-state index >= 15 is 0 Å². The van der Waals surface area contributed by atoms with Crippen LogP contribution in [0.25, 0.3) is 5.70 Å². The molecule has 0 spiro atoms. The number of nitrogens with one attached hydrogen (secondary N) is 1. The Morgan fingerprint density at radius 3 is 2.43 bits per heavy atom. The highest BCUT2D eigenvalue weighted by Gasteiger charge is 2.11. The van der Waals surface area contributed by atoms with Gasteiger partial charge >= 0.3 is 0 Å². The van der Waals surface area contributed by atoms with Gasteiger partial charge in [-0.2, -0.15) is 0 Å². The molecule has 1 aliphatic heterocycles. The molecule has 2 nitrogen and oxygen atoms in total. The first-order valence-electron chi connectivity index (χ1n) is 5.08. The Labute approximate surface area is 85.2 Å². The van der Waals surface area contributed by atoms with Crippen molar-refractivity contribution in [3.05, 3.63) is 42.5 Å². The minimum atomic E-state index is 1.06. The van der Waals surface area contributed by atoms with E-state index in [2.05, 4.69) is 41.1 Å². The summed E-state index contributed by atoms with van der Waals surface area (Å²) >= 11 is 0. The molecule has 2 rings (SSSR count). The predicted octanol–water partition coefficient (Wildman–Crippen LogP) is 1.56. The van der Waals surface area contributed by atoms with Gasteiger partial charge in [0, 0.05) is 31.9 Å². The third kappa shape index (κ3) is 1.96. The SMILES string of the molecule is C=C(c1ccccc1)N1CCNCC1. The van der Waals surface area contributed by atoms with Crippen LogP contribution in [0, 0.1) is 0 Å². The van der Waals surface area contributed by atoms with Crippen LogP contribution in [0.5, 0.6) is 0 Å². The van der Waals surface area contributed by atoms with Crippen LogP contribution in [0.2, 0.25) is 0 Å². The summed E-state index contributed by atoms with van der Waals surface area (Å²) in [6, 6.07) is 10.4. The molecule has 1 aromatic rings. The Kier molecular flexibility index (Phi) is 2.84. The average molecular weight is 188 g/mol. The van der Waals surface area contributed by atoms with Crippen molar-refractivity contribution in [1.29, 1.82) is 0 Å². The topological polar surface area (TPSA) is 15.3 Å². The van der Waals surface area contributed by atoms with E-state index in [9.17, 15) is 0 Å². The lowest BCUT2D eigenvalue weighted by atomic mass is 10.1. The smallest absolute Gasteiger partial charge is 0.0367 e. The highest BCUT2D eigenvalue weighted by Crippen LogP contribution is 2.16. The molecule has 2 heteroatoms. The zero-order valence-electron chi connectivity index (χ0n) is 8.37. The summed E-state index contributed by atoms with van der Waals surface area (Å²) < 4.78 is 0. The van der Waals surface area contributed by atoms with Crippen LogP contribution in [0.15, 0.2) is 36.9 Å². The lowest BCUT2D eigenvalue weighted by Crippen LogP contribution is -2.42. The van der Waals surface area contributed by atoms with Crippen molar-refractivity contribution in [2.75, 3.05) is 26.2 Å². The van der Waals surface area contributed by atoms with E-state index in [0.717, 1.165) is 31.9 Å². The molecule has 0 amide bonds. The largest absolute Gasteiger partial charge is 0.369 e. The van der Waals surface area contributed by atoms with Crippen LogP contribution < -0.4 is 5.32 Å². The molecule has 1 N–H and O–H groups in total. The summed E-state index contributed by atoms with van der Waals surface area (Å²) in [4.78, 5) is 2.34. The van der Waals surface area contributed by atoms with Gasteiger partial charge in [-0.1, -0.05) is 36.9 Å². The second kappa shape index (κ2) is 4.29. The Balaban J connectivity index is 2.07. The molecule has 14 heavy (non-hydrogen) atoms. The van der Waals surface area contributed by atoms with Crippen molar-refractivity contribution in [2.45, 2.75) is 0 Å². The van der Waals surface area contributed by atoms with Gasteiger partial charge in [0.2, 0.25) is 0 Å². The lowest BCUT2D eigenvalue weighted by Gasteiger charge is -2.31. The average Bonchev–Trinajstić information content (AvgIpc) is 2.30. The minimum Gasteiger partial charge on any atom is -0.369 e. The predicted molar refractivity (Wildman–Crippen MR) is 59.9 cm³/mol. The van der Waals surface area contributed by atoms with Crippen molar-refractivity contribution in [2.24, 2.45) is 0 Å². The van der Waals surface area contributed by atoms with Crippen molar-refractivity contribution in [3.63, 3.8) is 0 Å². The highest BCUT2D eigenvalue weighted by atomic mass is 15.2. The maximum Gasteiger partial charge on any atom is 0.0367 e. The van der Waals surface area contributed by atoms with Crippen LogP contribution >= 0.6 is 0 Å². The fourth-order valence-corrected chi connectivity index (χ4v) is 1.75. The molecule has 0 saturated carbocycles. The fraction of sp³-hybridized carbons (Fsp3) is 0.333. The standard InChI is InChI=1S/C12H16N2/c1-11(12-5-3-2-4-6-12)14-9-7-13-8-10-14/h2-6,13H,1,7-10H2. The summed E-state index contributed by atoms with van der Waals surface area (Å²) in [7, 11) is 0. The Bertz CT molecular complexity index is 299. The molecular weight excluding hydrogens is 172 g/mol. The number of rotatable bonds is 2. The van der Waals surface area contributed by atoms with E-state index < -0.39 is 0 Å². The zero-order valence-corrected chi connectivity index (χ0v) is 8.37. The summed E-state index contributed by atoms with van der Waals surface area (Å²) in [5.74, 6) is 0. The van der Waals surface area contributed by atoms with Crippen LogP contribution in [-0.2, 0) is 0 Å². The minimum absolute atomic E-state index is 1.06. The van der Waals surface area contributed by atoms with Gasteiger partial charge in [0.25, 0.3) is 0 Å². The number of piperazine rings is 1. The molecule has 0 bridgehead atoms. The molecule has 74 valence electrons. The Morgan fingerprint density at radius 2 is 1.79 bits per heavy atom. The second-order valence-corrected chi connectivity index (χ2v) is 3.55. The third-order valence-electron chi connectivity index (χ3n) is 2.61. The van der Waals surface area contributed by atoms with E-state index in [-0.39, 0.29) is 0 Å². The van der Waals surface area contributed by atoms with E-state index in [1.165, 1.54) is 5.56 Å². The van der Waals surface area contributed by atoms with Gasteiger partial charge < -0.3 is 10.2 Å². The molecule has 0 aliphatic carbocycles. The molecular formula is C12H16N2. The molecule has 1 fully saturated rings. The maximum atomic E-state index is 4.15. The zero-order chi connectivity index (χ0) is 9.80. The second-order valence-electron chi connectivity index (χ2n) is 3.55. The quantitative estimate of drug-likeness (QED) is 0.757. The molecule has 1 aliphatic rings. The number of hydrogen-bond acceptors (Lipinski definition) is 2. The maximum absolute atomic E-state index is 4.15. The summed E-state index contributed by atoms with van der Waals surface area (Å²) in [6.45, 7) is 8.40. The third-order valence-corrected chi connectivity index (χ3v) is 2.61. The van der Waals surface area contributed by atoms with Crippen LogP contribution in [-0.4, -0.2) is 31.1 Å². The molecule has 0 atom stereocenters. The molecule has 1 heterocycles. The normalized spacial score (nSPS) is 16.7. The van der Waals surface area contributed by atoms with Crippen molar-refractivity contribution < 1.29 is 0 Å². The first-order chi connectivity index (χ1) is 6.88. The number of hydrogen-bond donors (Lipinski definition) is 1. The number of benzene rings is 1. The molecule has 1 saturated heterocycles. The van der Waals surface area contributed by atoms with E-state index in [4.69, 9.17) is 0 Å². The summed E-state index contributed by atoms with van der Waals surface area (Å²) in [6.07, 6.45) is 0. The van der Waals surface area contributed by atoms with E-state index in [1.54, 1.807) is 0 Å². The van der Waals surface area contributed by atoms with Crippen molar-refractivity contribution in [3.8, 4) is 0 Å². The van der Waals surface area contributed by atoms with Gasteiger partial charge in [-0.3, -0.25) is 0 Å². The fourth-order valence-electron chi connectivity index (χ4n) is 1.75. The van der Waals surface area contributed by atoms with Gasteiger partial charge in [-0.15, -0.1) is 0 Å². The summed E-state index contributed by atoms with van der Waals surface area (Å²) in [5.41, 5.74) is 2.38.